The van der Waals surface area contributed by atoms with E-state index in [2.05, 4.69) is 27.6 Å². The van der Waals surface area contributed by atoms with Crippen LogP contribution in [0.3, 0.4) is 0 Å². The van der Waals surface area contributed by atoms with Crippen LogP contribution in [0.1, 0.15) is 0 Å². The van der Waals surface area contributed by atoms with E-state index in [9.17, 15) is 0 Å². The highest BCUT2D eigenvalue weighted by atomic mass is 127. The zero-order chi connectivity index (χ0) is 7.84. The van der Waals surface area contributed by atoms with E-state index >= 15 is 0 Å². The minimum atomic E-state index is 0.522. The van der Waals surface area contributed by atoms with Crippen molar-refractivity contribution in [3.8, 4) is 0 Å². The summed E-state index contributed by atoms with van der Waals surface area (Å²) in [6.07, 6.45) is 1.64. The van der Waals surface area contributed by atoms with Crippen LogP contribution in [-0.4, -0.2) is 4.98 Å². The molecule has 0 aromatic carbocycles. The molecule has 0 aliphatic carbocycles. The molecule has 0 aliphatic rings. The number of nitrogens with two attached hydrogens (primary N) is 1. The summed E-state index contributed by atoms with van der Waals surface area (Å²) in [5, 5.41) is 0.886. The molecule has 0 saturated carbocycles. The van der Waals surface area contributed by atoms with Crippen LogP contribution in [-0.2, 0) is 0 Å². The van der Waals surface area contributed by atoms with E-state index in [1.165, 1.54) is 0 Å². The van der Waals surface area contributed by atoms with Crippen LogP contribution in [0.15, 0.2) is 22.7 Å². The zero-order valence-electron chi connectivity index (χ0n) is 5.54. The normalized spacial score (nSPS) is 10.6. The Hall–Kier alpha value is -0.780. The molecule has 0 bridgehead atoms. The second-order valence-electron chi connectivity index (χ2n) is 2.16. The number of nitrogen functional groups attached to an aromatic ring is 1. The summed E-state index contributed by atoms with van der Waals surface area (Å²) in [6, 6.07) is 3.67. The molecule has 4 heteroatoms. The van der Waals surface area contributed by atoms with Gasteiger partial charge in [-0.25, -0.2) is 4.98 Å². The topological polar surface area (TPSA) is 52.0 Å². The quantitative estimate of drug-likeness (QED) is 0.737. The van der Waals surface area contributed by atoms with Gasteiger partial charge in [0.15, 0.2) is 3.77 Å². The van der Waals surface area contributed by atoms with E-state index in [0.29, 0.717) is 5.82 Å². The number of halogens is 1. The van der Waals surface area contributed by atoms with Crippen LogP contribution in [0, 0.1) is 3.77 Å². The zero-order valence-corrected chi connectivity index (χ0v) is 7.70. The van der Waals surface area contributed by atoms with Crippen LogP contribution < -0.4 is 5.73 Å². The summed E-state index contributed by atoms with van der Waals surface area (Å²) in [4.78, 5) is 3.94. The average Bonchev–Trinajstić information content (AvgIpc) is 2.31. The number of aromatic nitrogens is 1. The molecule has 0 aliphatic heterocycles. The summed E-state index contributed by atoms with van der Waals surface area (Å²) in [6.45, 7) is 0. The molecule has 2 aromatic rings. The van der Waals surface area contributed by atoms with Crippen molar-refractivity contribution in [2.24, 2.45) is 0 Å². The van der Waals surface area contributed by atoms with Gasteiger partial charge in [0.05, 0.1) is 5.39 Å². The lowest BCUT2D eigenvalue weighted by atomic mass is 10.3. The lowest BCUT2D eigenvalue weighted by molar-refractivity contribution is 0.584. The Kier molecular flexibility index (Phi) is 1.49. The molecular formula is C7H5IN2O. The molecule has 0 atom stereocenters. The number of anilines is 1. The summed E-state index contributed by atoms with van der Waals surface area (Å²) in [7, 11) is 0. The molecule has 0 unspecified atom stereocenters. The van der Waals surface area contributed by atoms with Gasteiger partial charge >= 0.3 is 0 Å². The number of hydrogen-bond acceptors (Lipinski definition) is 3. The number of nitrogens with zero attached hydrogens (tertiary/aromatic N) is 1. The Morgan fingerprint density at radius 1 is 1.55 bits per heavy atom. The van der Waals surface area contributed by atoms with Gasteiger partial charge in [-0.15, -0.1) is 0 Å². The van der Waals surface area contributed by atoms with E-state index in [1.54, 1.807) is 12.3 Å². The Bertz CT molecular complexity index is 396. The molecule has 11 heavy (non-hydrogen) atoms. The van der Waals surface area contributed by atoms with E-state index in [1.807, 2.05) is 6.07 Å². The van der Waals surface area contributed by atoms with E-state index < -0.39 is 0 Å². The molecule has 0 radical (unpaired) electrons. The van der Waals surface area contributed by atoms with Crippen molar-refractivity contribution in [2.75, 3.05) is 5.73 Å². The van der Waals surface area contributed by atoms with Crippen molar-refractivity contribution in [3.05, 3.63) is 22.1 Å². The van der Waals surface area contributed by atoms with Gasteiger partial charge in [0, 0.05) is 12.3 Å². The molecule has 0 amide bonds. The minimum Gasteiger partial charge on any atom is -0.450 e. The maximum Gasteiger partial charge on any atom is 0.165 e. The maximum absolute atomic E-state index is 5.60. The minimum absolute atomic E-state index is 0.522. The average molecular weight is 260 g/mol. The molecule has 2 heterocycles. The third-order valence-corrected chi connectivity index (χ3v) is 1.98. The van der Waals surface area contributed by atoms with Crippen LogP contribution in [0.4, 0.5) is 5.82 Å². The number of furan rings is 1. The van der Waals surface area contributed by atoms with E-state index in [0.717, 1.165) is 14.7 Å². The van der Waals surface area contributed by atoms with Gasteiger partial charge in [0.1, 0.15) is 11.4 Å². The standard InChI is InChI=1S/C7H5IN2O/c8-6-3-4-5(11-6)1-2-10-7(4)9/h1-3H,(H2,9,10). The largest absolute Gasteiger partial charge is 0.450 e. The van der Waals surface area contributed by atoms with Crippen molar-refractivity contribution in [1.29, 1.82) is 0 Å². The first-order valence-electron chi connectivity index (χ1n) is 3.07. The highest BCUT2D eigenvalue weighted by Gasteiger charge is 2.03. The Labute approximate surface area is 76.7 Å². The molecular weight excluding hydrogens is 255 g/mol. The van der Waals surface area contributed by atoms with Gasteiger partial charge in [0.25, 0.3) is 0 Å². The molecule has 3 nitrogen and oxygen atoms in total. The van der Waals surface area contributed by atoms with Crippen molar-refractivity contribution >= 4 is 39.4 Å². The Morgan fingerprint density at radius 2 is 2.36 bits per heavy atom. The van der Waals surface area contributed by atoms with Crippen molar-refractivity contribution in [1.82, 2.24) is 4.98 Å². The fourth-order valence-electron chi connectivity index (χ4n) is 0.953. The number of hydrogen-bond donors (Lipinski definition) is 1. The number of fused-ring (bicyclic) bond motifs is 1. The van der Waals surface area contributed by atoms with Gasteiger partial charge < -0.3 is 10.2 Å². The molecule has 0 fully saturated rings. The Balaban J connectivity index is 2.90. The molecule has 2 aromatic heterocycles. The molecule has 56 valence electrons. The lowest BCUT2D eigenvalue weighted by Crippen LogP contribution is -1.87. The third kappa shape index (κ3) is 1.07. The van der Waals surface area contributed by atoms with Crippen LogP contribution in [0.2, 0.25) is 0 Å². The lowest BCUT2D eigenvalue weighted by Gasteiger charge is -1.89. The van der Waals surface area contributed by atoms with Gasteiger partial charge in [0.2, 0.25) is 0 Å². The second kappa shape index (κ2) is 2.37. The smallest absolute Gasteiger partial charge is 0.165 e. The maximum atomic E-state index is 5.60. The van der Waals surface area contributed by atoms with Crippen LogP contribution in [0.5, 0.6) is 0 Å². The first-order chi connectivity index (χ1) is 5.27. The first-order valence-corrected chi connectivity index (χ1v) is 4.15. The molecule has 0 spiro atoms. The third-order valence-electron chi connectivity index (χ3n) is 1.45. The van der Waals surface area contributed by atoms with Crippen LogP contribution in [0.25, 0.3) is 11.0 Å². The summed E-state index contributed by atoms with van der Waals surface area (Å²) in [5.74, 6) is 0.522. The van der Waals surface area contributed by atoms with Crippen molar-refractivity contribution in [3.63, 3.8) is 0 Å². The summed E-state index contributed by atoms with van der Waals surface area (Å²) >= 11 is 2.10. The van der Waals surface area contributed by atoms with Crippen molar-refractivity contribution in [2.45, 2.75) is 0 Å². The highest BCUT2D eigenvalue weighted by Crippen LogP contribution is 2.23. The van der Waals surface area contributed by atoms with Gasteiger partial charge in [-0.2, -0.15) is 0 Å². The van der Waals surface area contributed by atoms with Crippen molar-refractivity contribution < 1.29 is 4.42 Å². The fraction of sp³-hybridized carbons (Fsp3) is 0. The summed E-state index contributed by atoms with van der Waals surface area (Å²) < 4.78 is 6.15. The highest BCUT2D eigenvalue weighted by molar-refractivity contribution is 14.1. The molecule has 0 saturated heterocycles. The fourth-order valence-corrected chi connectivity index (χ4v) is 1.50. The SMILES string of the molecule is Nc1nccc2oc(I)cc12. The predicted octanol–water partition coefficient (Wildman–Crippen LogP) is 2.01. The predicted molar refractivity (Wildman–Crippen MR) is 51.1 cm³/mol. The monoisotopic (exact) mass is 260 g/mol. The molecule has 2 N–H and O–H groups in total. The van der Waals surface area contributed by atoms with E-state index in [4.69, 9.17) is 10.2 Å². The van der Waals surface area contributed by atoms with Gasteiger partial charge in [-0.05, 0) is 28.7 Å². The summed E-state index contributed by atoms with van der Waals surface area (Å²) in [5.41, 5.74) is 6.39. The Morgan fingerprint density at radius 3 is 3.09 bits per heavy atom. The van der Waals surface area contributed by atoms with E-state index in [-0.39, 0.29) is 0 Å². The number of rotatable bonds is 0. The van der Waals surface area contributed by atoms with Gasteiger partial charge in [-0.1, -0.05) is 0 Å². The second-order valence-corrected chi connectivity index (χ2v) is 3.22. The number of pyridine rings is 1. The van der Waals surface area contributed by atoms with Crippen LogP contribution >= 0.6 is 22.6 Å². The first kappa shape index (κ1) is 6.90. The molecule has 2 rings (SSSR count). The van der Waals surface area contributed by atoms with Gasteiger partial charge in [-0.3, -0.25) is 0 Å².